The zero-order valence-electron chi connectivity index (χ0n) is 8.31. The van der Waals surface area contributed by atoms with Crippen LogP contribution in [0.4, 0.5) is 13.2 Å². The van der Waals surface area contributed by atoms with Crippen LogP contribution in [0.15, 0.2) is 18.2 Å². The molecule has 0 aliphatic rings. The highest BCUT2D eigenvalue weighted by molar-refractivity contribution is 5.50. The van der Waals surface area contributed by atoms with Gasteiger partial charge in [0.05, 0.1) is 0 Å². The Morgan fingerprint density at radius 1 is 1.20 bits per heavy atom. The van der Waals surface area contributed by atoms with Gasteiger partial charge >= 0.3 is 0 Å². The predicted molar refractivity (Wildman–Crippen MR) is 53.6 cm³/mol. The van der Waals surface area contributed by atoms with E-state index in [-0.39, 0.29) is 11.6 Å². The molecule has 0 unspecified atom stereocenters. The van der Waals surface area contributed by atoms with E-state index in [1.54, 1.807) is 13.0 Å². The van der Waals surface area contributed by atoms with Crippen molar-refractivity contribution < 1.29 is 13.2 Å². The molecule has 2 N–H and O–H groups in total. The molecule has 4 heteroatoms. The van der Waals surface area contributed by atoms with Crippen LogP contribution in [-0.2, 0) is 0 Å². The molecule has 1 atom stereocenters. The third-order valence-corrected chi connectivity index (χ3v) is 1.84. The lowest BCUT2D eigenvalue weighted by Crippen LogP contribution is -2.12. The van der Waals surface area contributed by atoms with Gasteiger partial charge in [-0.2, -0.15) is 0 Å². The molecule has 82 valence electrons. The molecule has 0 spiro atoms. The van der Waals surface area contributed by atoms with Crippen LogP contribution >= 0.6 is 0 Å². The number of hydrogen-bond acceptors (Lipinski definition) is 1. The monoisotopic (exact) mass is 215 g/mol. The Morgan fingerprint density at radius 2 is 1.80 bits per heavy atom. The standard InChI is InChI=1S/C11H12F3N/c1-7(15)3-2-4-8-5-10(13)11(14)6-9(8)12/h2,4-7H,3,15H2,1H3/t7-/m0/s1. The van der Waals surface area contributed by atoms with Gasteiger partial charge in [-0.3, -0.25) is 0 Å². The third kappa shape index (κ3) is 3.40. The zero-order chi connectivity index (χ0) is 11.4. The Bertz CT molecular complexity index is 372. The number of rotatable bonds is 3. The van der Waals surface area contributed by atoms with Crippen molar-refractivity contribution in [1.29, 1.82) is 0 Å². The molecule has 1 nitrogen and oxygen atoms in total. The quantitative estimate of drug-likeness (QED) is 0.771. The van der Waals surface area contributed by atoms with Crippen molar-refractivity contribution in [1.82, 2.24) is 0 Å². The second-order valence-corrected chi connectivity index (χ2v) is 3.40. The number of halogens is 3. The fourth-order valence-corrected chi connectivity index (χ4v) is 1.08. The Balaban J connectivity index is 2.86. The van der Waals surface area contributed by atoms with Gasteiger partial charge in [-0.05, 0) is 19.4 Å². The largest absolute Gasteiger partial charge is 0.328 e. The third-order valence-electron chi connectivity index (χ3n) is 1.84. The van der Waals surface area contributed by atoms with E-state index in [0.29, 0.717) is 12.5 Å². The van der Waals surface area contributed by atoms with Crippen LogP contribution in [0.1, 0.15) is 18.9 Å². The summed E-state index contributed by atoms with van der Waals surface area (Å²) in [6.45, 7) is 1.80. The average Bonchev–Trinajstić information content (AvgIpc) is 2.13. The molecule has 0 aliphatic heterocycles. The minimum atomic E-state index is -1.18. The normalized spacial score (nSPS) is 13.4. The lowest BCUT2D eigenvalue weighted by Gasteiger charge is -2.00. The van der Waals surface area contributed by atoms with Crippen LogP contribution in [0.25, 0.3) is 6.08 Å². The smallest absolute Gasteiger partial charge is 0.161 e. The van der Waals surface area contributed by atoms with Gasteiger partial charge in [0.2, 0.25) is 0 Å². The van der Waals surface area contributed by atoms with Crippen molar-refractivity contribution in [2.75, 3.05) is 0 Å². The topological polar surface area (TPSA) is 26.0 Å². The molecule has 1 rings (SSSR count). The first-order chi connectivity index (χ1) is 7.00. The van der Waals surface area contributed by atoms with Crippen molar-refractivity contribution in [2.45, 2.75) is 19.4 Å². The Morgan fingerprint density at radius 3 is 2.40 bits per heavy atom. The molecular formula is C11H12F3N. The molecule has 0 radical (unpaired) electrons. The molecule has 15 heavy (non-hydrogen) atoms. The molecular weight excluding hydrogens is 203 g/mol. The fraction of sp³-hybridized carbons (Fsp3) is 0.273. The van der Waals surface area contributed by atoms with E-state index in [9.17, 15) is 13.2 Å². The van der Waals surface area contributed by atoms with Crippen LogP contribution in [0.5, 0.6) is 0 Å². The summed E-state index contributed by atoms with van der Waals surface area (Å²) >= 11 is 0. The van der Waals surface area contributed by atoms with E-state index in [4.69, 9.17) is 5.73 Å². The van der Waals surface area contributed by atoms with Crippen molar-refractivity contribution in [3.63, 3.8) is 0 Å². The summed E-state index contributed by atoms with van der Waals surface area (Å²) in [5.74, 6) is -3.02. The van der Waals surface area contributed by atoms with E-state index in [0.717, 1.165) is 6.07 Å². The first kappa shape index (κ1) is 11.8. The van der Waals surface area contributed by atoms with Gasteiger partial charge in [0.25, 0.3) is 0 Å². The van der Waals surface area contributed by atoms with Gasteiger partial charge < -0.3 is 5.73 Å². The van der Waals surface area contributed by atoms with Crippen LogP contribution < -0.4 is 5.73 Å². The Labute approximate surface area is 86.4 Å². The van der Waals surface area contributed by atoms with Gasteiger partial charge in [-0.15, -0.1) is 0 Å². The first-order valence-corrected chi connectivity index (χ1v) is 4.57. The Kier molecular flexibility index (Phi) is 3.91. The van der Waals surface area contributed by atoms with E-state index < -0.39 is 17.5 Å². The summed E-state index contributed by atoms with van der Waals surface area (Å²) in [4.78, 5) is 0. The highest BCUT2D eigenvalue weighted by Crippen LogP contribution is 2.15. The van der Waals surface area contributed by atoms with E-state index in [2.05, 4.69) is 0 Å². The molecule has 1 aromatic rings. The molecule has 0 fully saturated rings. The van der Waals surface area contributed by atoms with Crippen molar-refractivity contribution >= 4 is 6.08 Å². The van der Waals surface area contributed by atoms with Gasteiger partial charge in [0.1, 0.15) is 5.82 Å². The second kappa shape index (κ2) is 4.98. The zero-order valence-corrected chi connectivity index (χ0v) is 8.31. The van der Waals surface area contributed by atoms with Crippen LogP contribution in [0, 0.1) is 17.5 Å². The minimum absolute atomic E-state index is 0.0227. The molecule has 0 saturated carbocycles. The SMILES string of the molecule is C[C@H](N)CC=Cc1cc(F)c(F)cc1F. The van der Waals surface area contributed by atoms with Crippen LogP contribution in [0.2, 0.25) is 0 Å². The predicted octanol–water partition coefficient (Wildman–Crippen LogP) is 2.85. The molecule has 0 saturated heterocycles. The fourth-order valence-electron chi connectivity index (χ4n) is 1.08. The van der Waals surface area contributed by atoms with E-state index in [1.807, 2.05) is 0 Å². The lowest BCUT2D eigenvalue weighted by molar-refractivity contribution is 0.494. The molecule has 0 aliphatic carbocycles. The van der Waals surface area contributed by atoms with Crippen LogP contribution in [0.3, 0.4) is 0 Å². The van der Waals surface area contributed by atoms with Gasteiger partial charge in [0.15, 0.2) is 11.6 Å². The van der Waals surface area contributed by atoms with Crippen molar-refractivity contribution in [3.8, 4) is 0 Å². The van der Waals surface area contributed by atoms with Crippen LogP contribution in [-0.4, -0.2) is 6.04 Å². The lowest BCUT2D eigenvalue weighted by atomic mass is 10.1. The van der Waals surface area contributed by atoms with E-state index in [1.165, 1.54) is 6.08 Å². The highest BCUT2D eigenvalue weighted by Gasteiger charge is 2.07. The summed E-state index contributed by atoms with van der Waals surface area (Å²) in [5.41, 5.74) is 5.49. The van der Waals surface area contributed by atoms with Gasteiger partial charge in [-0.1, -0.05) is 12.2 Å². The van der Waals surface area contributed by atoms with Gasteiger partial charge in [-0.25, -0.2) is 13.2 Å². The minimum Gasteiger partial charge on any atom is -0.328 e. The van der Waals surface area contributed by atoms with Crippen molar-refractivity contribution in [2.24, 2.45) is 5.73 Å². The summed E-state index contributed by atoms with van der Waals surface area (Å²) in [6.07, 6.45) is 3.57. The number of nitrogens with two attached hydrogens (primary N) is 1. The summed E-state index contributed by atoms with van der Waals surface area (Å²) in [7, 11) is 0. The molecule has 0 heterocycles. The van der Waals surface area contributed by atoms with Crippen molar-refractivity contribution in [3.05, 3.63) is 41.2 Å². The molecule has 0 bridgehead atoms. The summed E-state index contributed by atoms with van der Waals surface area (Å²) in [5, 5.41) is 0. The maximum absolute atomic E-state index is 13.1. The van der Waals surface area contributed by atoms with Gasteiger partial charge in [0, 0.05) is 17.7 Å². The Hall–Kier alpha value is -1.29. The molecule has 1 aromatic carbocycles. The maximum Gasteiger partial charge on any atom is 0.161 e. The average molecular weight is 215 g/mol. The van der Waals surface area contributed by atoms with E-state index >= 15 is 0 Å². The number of benzene rings is 1. The summed E-state index contributed by atoms with van der Waals surface area (Å²) in [6, 6.07) is 1.30. The second-order valence-electron chi connectivity index (χ2n) is 3.40. The maximum atomic E-state index is 13.1. The molecule has 0 aromatic heterocycles. The summed E-state index contributed by atoms with van der Waals surface area (Å²) < 4.78 is 38.4. The highest BCUT2D eigenvalue weighted by atomic mass is 19.2. The molecule has 0 amide bonds. The number of hydrogen-bond donors (Lipinski definition) is 1. The first-order valence-electron chi connectivity index (χ1n) is 4.57.